The lowest BCUT2D eigenvalue weighted by molar-refractivity contribution is 0.0535. The summed E-state index contributed by atoms with van der Waals surface area (Å²) in [6, 6.07) is 1.92. The number of ether oxygens (including phenoxy) is 1. The highest BCUT2D eigenvalue weighted by molar-refractivity contribution is 5.68. The van der Waals surface area contributed by atoms with Crippen LogP contribution in [-0.2, 0) is 4.74 Å². The van der Waals surface area contributed by atoms with Crippen LogP contribution < -0.4 is 5.32 Å². The molecule has 0 bridgehead atoms. The number of alkyl carbamates (subject to hydrolysis) is 1. The second-order valence-corrected chi connectivity index (χ2v) is 4.43. The van der Waals surface area contributed by atoms with Crippen LogP contribution >= 0.6 is 0 Å². The van der Waals surface area contributed by atoms with Gasteiger partial charge in [0.05, 0.1) is 18.3 Å². The molecule has 0 saturated carbocycles. The molecule has 0 atom stereocenters. The van der Waals surface area contributed by atoms with E-state index in [-0.39, 0.29) is 6.54 Å². The van der Waals surface area contributed by atoms with Crippen molar-refractivity contribution in [3.8, 4) is 17.9 Å². The zero-order valence-corrected chi connectivity index (χ0v) is 10.5. The Labute approximate surface area is 105 Å². The van der Waals surface area contributed by atoms with Gasteiger partial charge in [0.25, 0.3) is 0 Å². The van der Waals surface area contributed by atoms with E-state index in [1.54, 1.807) is 20.8 Å². The first-order valence-corrected chi connectivity index (χ1v) is 5.31. The van der Waals surface area contributed by atoms with E-state index in [0.29, 0.717) is 11.3 Å². The summed E-state index contributed by atoms with van der Waals surface area (Å²) in [6.07, 6.45) is 0.934. The van der Waals surface area contributed by atoms with Gasteiger partial charge in [0.15, 0.2) is 5.69 Å². The number of aromatic amines is 1. The highest BCUT2D eigenvalue weighted by atomic mass is 16.6. The molecule has 0 aliphatic heterocycles. The van der Waals surface area contributed by atoms with Gasteiger partial charge in [-0.1, -0.05) is 11.8 Å². The van der Waals surface area contributed by atoms with Crippen LogP contribution in [0.25, 0.3) is 0 Å². The molecular formula is C12H14N4O2. The number of carbonyl (C=O) groups excluding carboxylic acids is 1. The Morgan fingerprint density at radius 1 is 1.61 bits per heavy atom. The average molecular weight is 246 g/mol. The maximum atomic E-state index is 11.3. The third-order valence-corrected chi connectivity index (χ3v) is 1.69. The first-order valence-electron chi connectivity index (χ1n) is 5.31. The zero-order valence-electron chi connectivity index (χ0n) is 10.5. The van der Waals surface area contributed by atoms with Crippen molar-refractivity contribution in [2.24, 2.45) is 0 Å². The van der Waals surface area contributed by atoms with Crippen LogP contribution in [0.1, 0.15) is 32.0 Å². The maximum absolute atomic E-state index is 11.3. The molecule has 0 saturated heterocycles. The molecule has 0 aliphatic rings. The Hall–Kier alpha value is -2.47. The first-order chi connectivity index (χ1) is 8.42. The van der Waals surface area contributed by atoms with Crippen molar-refractivity contribution in [1.82, 2.24) is 15.5 Å². The van der Waals surface area contributed by atoms with Gasteiger partial charge in [-0.15, -0.1) is 0 Å². The molecule has 0 spiro atoms. The third-order valence-electron chi connectivity index (χ3n) is 1.69. The lowest BCUT2D eigenvalue weighted by Crippen LogP contribution is -2.32. The highest BCUT2D eigenvalue weighted by Crippen LogP contribution is 2.06. The number of hydrogen-bond acceptors (Lipinski definition) is 4. The smallest absolute Gasteiger partial charge is 0.408 e. The molecule has 1 aromatic heterocycles. The van der Waals surface area contributed by atoms with Crippen molar-refractivity contribution in [3.63, 3.8) is 0 Å². The van der Waals surface area contributed by atoms with Crippen molar-refractivity contribution >= 4 is 6.09 Å². The minimum atomic E-state index is -0.532. The summed E-state index contributed by atoms with van der Waals surface area (Å²) in [4.78, 5) is 11.3. The van der Waals surface area contributed by atoms with E-state index in [4.69, 9.17) is 10.00 Å². The van der Waals surface area contributed by atoms with E-state index in [1.807, 2.05) is 6.07 Å². The molecule has 6 heteroatoms. The highest BCUT2D eigenvalue weighted by Gasteiger charge is 2.14. The first kappa shape index (κ1) is 13.6. The Bertz CT molecular complexity index is 523. The van der Waals surface area contributed by atoms with Crippen LogP contribution in [0.5, 0.6) is 0 Å². The van der Waals surface area contributed by atoms with Crippen molar-refractivity contribution in [1.29, 1.82) is 5.26 Å². The van der Waals surface area contributed by atoms with E-state index in [9.17, 15) is 4.79 Å². The van der Waals surface area contributed by atoms with Crippen LogP contribution in [0.15, 0.2) is 6.20 Å². The van der Waals surface area contributed by atoms with Gasteiger partial charge in [0.1, 0.15) is 11.7 Å². The molecule has 0 aromatic carbocycles. The van der Waals surface area contributed by atoms with E-state index >= 15 is 0 Å². The van der Waals surface area contributed by atoms with Crippen molar-refractivity contribution in [3.05, 3.63) is 17.5 Å². The SMILES string of the molecule is CC(C)(C)OC(=O)NCC#Cc1cn[nH]c1C#N. The molecule has 1 rings (SSSR count). The topological polar surface area (TPSA) is 90.8 Å². The van der Waals surface area contributed by atoms with Gasteiger partial charge in [-0.2, -0.15) is 10.4 Å². The molecule has 0 fully saturated rings. The molecule has 94 valence electrons. The minimum Gasteiger partial charge on any atom is -0.444 e. The third kappa shape index (κ3) is 4.58. The molecule has 6 nitrogen and oxygen atoms in total. The van der Waals surface area contributed by atoms with Crippen molar-refractivity contribution in [2.45, 2.75) is 26.4 Å². The zero-order chi connectivity index (χ0) is 13.6. The van der Waals surface area contributed by atoms with Gasteiger partial charge in [0, 0.05) is 0 Å². The van der Waals surface area contributed by atoms with E-state index in [0.717, 1.165) is 0 Å². The lowest BCUT2D eigenvalue weighted by atomic mass is 10.2. The second kappa shape index (κ2) is 5.74. The Balaban J connectivity index is 2.44. The Morgan fingerprint density at radius 3 is 2.94 bits per heavy atom. The number of carbonyl (C=O) groups is 1. The summed E-state index contributed by atoms with van der Waals surface area (Å²) in [5.74, 6) is 5.43. The molecular weight excluding hydrogens is 232 g/mol. The molecule has 2 N–H and O–H groups in total. The molecule has 0 aliphatic carbocycles. The minimum absolute atomic E-state index is 0.144. The number of rotatable bonds is 1. The molecule has 0 unspecified atom stereocenters. The number of nitrogens with one attached hydrogen (secondary N) is 2. The largest absolute Gasteiger partial charge is 0.444 e. The maximum Gasteiger partial charge on any atom is 0.408 e. The van der Waals surface area contributed by atoms with E-state index in [2.05, 4.69) is 27.4 Å². The molecule has 1 amide bonds. The fourth-order valence-electron chi connectivity index (χ4n) is 1.04. The number of aromatic nitrogens is 2. The fraction of sp³-hybridized carbons (Fsp3) is 0.417. The predicted octanol–water partition coefficient (Wildman–Crippen LogP) is 1.16. The molecule has 0 radical (unpaired) electrons. The average Bonchev–Trinajstić information content (AvgIpc) is 2.69. The number of nitrogens with zero attached hydrogens (tertiary/aromatic N) is 2. The molecule has 1 aromatic rings. The van der Waals surface area contributed by atoms with Crippen LogP contribution in [0.3, 0.4) is 0 Å². The van der Waals surface area contributed by atoms with Gasteiger partial charge in [-0.05, 0) is 20.8 Å². The van der Waals surface area contributed by atoms with Crippen LogP contribution in [0.2, 0.25) is 0 Å². The summed E-state index contributed by atoms with van der Waals surface area (Å²) in [5, 5.41) is 17.4. The fourth-order valence-corrected chi connectivity index (χ4v) is 1.04. The summed E-state index contributed by atoms with van der Waals surface area (Å²) < 4.78 is 5.03. The summed E-state index contributed by atoms with van der Waals surface area (Å²) in [6.45, 7) is 5.49. The summed E-state index contributed by atoms with van der Waals surface area (Å²) in [5.41, 5.74) is 0.277. The molecule has 18 heavy (non-hydrogen) atoms. The van der Waals surface area contributed by atoms with Crippen molar-refractivity contribution < 1.29 is 9.53 Å². The normalized spacial score (nSPS) is 9.89. The van der Waals surface area contributed by atoms with Crippen LogP contribution in [0, 0.1) is 23.2 Å². The number of amides is 1. The van der Waals surface area contributed by atoms with Gasteiger partial charge in [0.2, 0.25) is 0 Å². The monoisotopic (exact) mass is 246 g/mol. The van der Waals surface area contributed by atoms with Crippen molar-refractivity contribution in [2.75, 3.05) is 6.54 Å². The van der Waals surface area contributed by atoms with Gasteiger partial charge >= 0.3 is 6.09 Å². The van der Waals surface area contributed by atoms with Gasteiger partial charge in [-0.3, -0.25) is 5.10 Å². The Morgan fingerprint density at radius 2 is 2.33 bits per heavy atom. The van der Waals surface area contributed by atoms with E-state index in [1.165, 1.54) is 6.20 Å². The number of hydrogen-bond donors (Lipinski definition) is 2. The Kier molecular flexibility index (Phi) is 4.33. The van der Waals surface area contributed by atoms with E-state index < -0.39 is 11.7 Å². The van der Waals surface area contributed by atoms with Gasteiger partial charge < -0.3 is 10.1 Å². The lowest BCUT2D eigenvalue weighted by Gasteiger charge is -2.18. The second-order valence-electron chi connectivity index (χ2n) is 4.43. The molecule has 1 heterocycles. The van der Waals surface area contributed by atoms with Crippen LogP contribution in [0.4, 0.5) is 4.79 Å². The van der Waals surface area contributed by atoms with Gasteiger partial charge in [-0.25, -0.2) is 4.79 Å². The quantitative estimate of drug-likeness (QED) is 0.727. The summed E-state index contributed by atoms with van der Waals surface area (Å²) >= 11 is 0. The van der Waals surface area contributed by atoms with Crippen LogP contribution in [-0.4, -0.2) is 28.4 Å². The standard InChI is InChI=1S/C12H14N4O2/c1-12(2,3)18-11(17)14-6-4-5-9-8-15-16-10(9)7-13/h8H,6H2,1-3H3,(H,14,17)(H,15,16). The summed E-state index contributed by atoms with van der Waals surface area (Å²) in [7, 11) is 0. The number of nitriles is 1. The number of H-pyrrole nitrogens is 1. The predicted molar refractivity (Wildman–Crippen MR) is 64.4 cm³/mol.